The van der Waals surface area contributed by atoms with Crippen molar-refractivity contribution in [2.24, 2.45) is 0 Å². The number of ether oxygens (including phenoxy) is 1. The Morgan fingerprint density at radius 2 is 1.51 bits per heavy atom. The van der Waals surface area contributed by atoms with Gasteiger partial charge >= 0.3 is 0 Å². The van der Waals surface area contributed by atoms with Gasteiger partial charge in [-0.05, 0) is 58.5 Å². The number of aromatic nitrogens is 4. The lowest BCUT2D eigenvalue weighted by atomic mass is 10.0. The summed E-state index contributed by atoms with van der Waals surface area (Å²) in [5.41, 5.74) is 2.88. The van der Waals surface area contributed by atoms with Crippen LogP contribution in [-0.4, -0.2) is 58.4 Å². The highest BCUT2D eigenvalue weighted by atomic mass is 19.1. The smallest absolute Gasteiger partial charge is 0.173 e. The fourth-order valence-electron chi connectivity index (χ4n) is 4.56. The molecular weight excluding hydrogens is 450 g/mol. The molecule has 0 radical (unpaired) electrons. The van der Waals surface area contributed by atoms with Crippen LogP contribution in [0.3, 0.4) is 0 Å². The molecule has 5 rings (SSSR count). The highest BCUT2D eigenvalue weighted by Gasteiger charge is 2.32. The maximum Gasteiger partial charge on any atom is 0.173 e. The maximum absolute atomic E-state index is 13.4. The summed E-state index contributed by atoms with van der Waals surface area (Å²) >= 11 is 0. The molecule has 1 atom stereocenters. The number of rotatable bonds is 7. The highest BCUT2D eigenvalue weighted by molar-refractivity contribution is 5.47. The highest BCUT2D eigenvalue weighted by Crippen LogP contribution is 2.34. The number of halogens is 2. The molecule has 0 bridgehead atoms. The van der Waals surface area contributed by atoms with Crippen LogP contribution >= 0.6 is 0 Å². The third kappa shape index (κ3) is 5.00. The van der Waals surface area contributed by atoms with E-state index in [-0.39, 0.29) is 17.7 Å². The Labute approximate surface area is 202 Å². The molecule has 0 saturated carbocycles. The van der Waals surface area contributed by atoms with Crippen LogP contribution in [-0.2, 0) is 6.54 Å². The molecule has 1 unspecified atom stereocenters. The minimum atomic E-state index is -0.281. The van der Waals surface area contributed by atoms with E-state index >= 15 is 0 Å². The van der Waals surface area contributed by atoms with Crippen LogP contribution in [0.1, 0.15) is 23.0 Å². The van der Waals surface area contributed by atoms with Crippen LogP contribution in [0.5, 0.6) is 5.75 Å². The monoisotopic (exact) mass is 476 g/mol. The number of hydrogen-bond donors (Lipinski definition) is 0. The van der Waals surface area contributed by atoms with Gasteiger partial charge in [-0.25, -0.2) is 13.5 Å². The van der Waals surface area contributed by atoms with Gasteiger partial charge in [0.15, 0.2) is 5.82 Å². The molecule has 1 aliphatic rings. The Bertz CT molecular complexity index is 1250. The molecule has 1 aliphatic heterocycles. The molecule has 3 aromatic carbocycles. The third-order valence-electron chi connectivity index (χ3n) is 6.35. The molecule has 1 fully saturated rings. The molecule has 9 heteroatoms. The van der Waals surface area contributed by atoms with E-state index in [2.05, 4.69) is 25.3 Å². The zero-order valence-electron chi connectivity index (χ0n) is 19.4. The summed E-state index contributed by atoms with van der Waals surface area (Å²) in [5, 5.41) is 12.6. The van der Waals surface area contributed by atoms with Crippen molar-refractivity contribution in [1.82, 2.24) is 25.1 Å². The molecule has 35 heavy (non-hydrogen) atoms. The topological polar surface area (TPSA) is 59.3 Å². The van der Waals surface area contributed by atoms with E-state index in [0.717, 1.165) is 48.7 Å². The van der Waals surface area contributed by atoms with E-state index in [1.807, 2.05) is 36.4 Å². The van der Waals surface area contributed by atoms with E-state index < -0.39 is 0 Å². The Hall–Kier alpha value is -3.85. The average Bonchev–Trinajstić information content (AvgIpc) is 3.34. The van der Waals surface area contributed by atoms with Gasteiger partial charge in [0.1, 0.15) is 23.4 Å². The third-order valence-corrected chi connectivity index (χ3v) is 6.35. The fraction of sp³-hybridized carbons (Fsp3) is 0.269. The molecule has 4 aromatic rings. The predicted molar refractivity (Wildman–Crippen MR) is 128 cm³/mol. The second-order valence-corrected chi connectivity index (χ2v) is 8.47. The summed E-state index contributed by atoms with van der Waals surface area (Å²) in [7, 11) is 1.66. The van der Waals surface area contributed by atoms with Crippen LogP contribution in [0.25, 0.3) is 0 Å². The van der Waals surface area contributed by atoms with Gasteiger partial charge in [0.05, 0.1) is 13.7 Å². The number of nitrogens with zero attached hydrogens (tertiary/aromatic N) is 6. The van der Waals surface area contributed by atoms with Crippen LogP contribution in [0, 0.1) is 11.6 Å². The van der Waals surface area contributed by atoms with Crippen molar-refractivity contribution >= 4 is 5.69 Å². The van der Waals surface area contributed by atoms with E-state index in [9.17, 15) is 8.78 Å². The van der Waals surface area contributed by atoms with Gasteiger partial charge in [-0.2, -0.15) is 0 Å². The zero-order valence-corrected chi connectivity index (χ0v) is 19.4. The number of tetrazole rings is 1. The Morgan fingerprint density at radius 3 is 2.20 bits per heavy atom. The van der Waals surface area contributed by atoms with Crippen molar-refractivity contribution in [2.45, 2.75) is 12.6 Å². The van der Waals surface area contributed by atoms with Crippen molar-refractivity contribution in [3.8, 4) is 5.75 Å². The molecule has 2 heterocycles. The van der Waals surface area contributed by atoms with Gasteiger partial charge in [-0.15, -0.1) is 5.10 Å². The minimum Gasteiger partial charge on any atom is -0.496 e. The van der Waals surface area contributed by atoms with Crippen molar-refractivity contribution in [2.75, 3.05) is 38.2 Å². The first kappa shape index (κ1) is 22.9. The van der Waals surface area contributed by atoms with Crippen molar-refractivity contribution in [1.29, 1.82) is 0 Å². The fourth-order valence-corrected chi connectivity index (χ4v) is 4.56. The summed E-state index contributed by atoms with van der Waals surface area (Å²) in [4.78, 5) is 4.58. The van der Waals surface area contributed by atoms with Crippen LogP contribution in [0.15, 0.2) is 72.8 Å². The van der Waals surface area contributed by atoms with Crippen molar-refractivity contribution < 1.29 is 13.5 Å². The van der Waals surface area contributed by atoms with Crippen LogP contribution in [0.2, 0.25) is 0 Å². The first-order valence-electron chi connectivity index (χ1n) is 11.5. The predicted octanol–water partition coefficient (Wildman–Crippen LogP) is 3.92. The lowest BCUT2D eigenvalue weighted by Crippen LogP contribution is -2.48. The van der Waals surface area contributed by atoms with E-state index in [4.69, 9.17) is 4.74 Å². The number of anilines is 1. The molecular formula is C26H26F2N6O. The first-order chi connectivity index (χ1) is 17.1. The van der Waals surface area contributed by atoms with Crippen molar-refractivity contribution in [3.63, 3.8) is 0 Å². The van der Waals surface area contributed by atoms with E-state index in [1.54, 1.807) is 23.9 Å². The van der Waals surface area contributed by atoms with Gasteiger partial charge in [0, 0.05) is 37.4 Å². The molecule has 1 aromatic heterocycles. The van der Waals surface area contributed by atoms with Gasteiger partial charge in [0.2, 0.25) is 0 Å². The Balaban J connectivity index is 1.45. The Morgan fingerprint density at radius 1 is 0.857 bits per heavy atom. The lowest BCUT2D eigenvalue weighted by molar-refractivity contribution is 0.198. The SMILES string of the molecule is COc1ccccc1C(c1nnnn1Cc1ccc(F)cc1)N1CCN(c2ccc(F)cc2)CC1. The number of para-hydroxylation sites is 1. The van der Waals surface area contributed by atoms with Crippen LogP contribution in [0.4, 0.5) is 14.5 Å². The summed E-state index contributed by atoms with van der Waals surface area (Å²) in [6.07, 6.45) is 0. The van der Waals surface area contributed by atoms with Gasteiger partial charge in [-0.3, -0.25) is 4.90 Å². The second-order valence-electron chi connectivity index (χ2n) is 8.47. The molecule has 180 valence electrons. The number of piperazine rings is 1. The summed E-state index contributed by atoms with van der Waals surface area (Å²) in [6, 6.07) is 20.6. The first-order valence-corrected chi connectivity index (χ1v) is 11.5. The molecule has 0 amide bonds. The largest absolute Gasteiger partial charge is 0.496 e. The lowest BCUT2D eigenvalue weighted by Gasteiger charge is -2.40. The molecule has 0 N–H and O–H groups in total. The van der Waals surface area contributed by atoms with E-state index in [0.29, 0.717) is 12.4 Å². The van der Waals surface area contributed by atoms with Crippen LogP contribution < -0.4 is 9.64 Å². The molecule has 1 saturated heterocycles. The molecule has 0 aliphatic carbocycles. The summed E-state index contributed by atoms with van der Waals surface area (Å²) in [6.45, 7) is 3.48. The zero-order chi connectivity index (χ0) is 24.2. The normalized spacial score (nSPS) is 15.2. The minimum absolute atomic E-state index is 0.239. The quantitative estimate of drug-likeness (QED) is 0.403. The summed E-state index contributed by atoms with van der Waals surface area (Å²) < 4.78 is 34.2. The van der Waals surface area contributed by atoms with Gasteiger partial charge in [0.25, 0.3) is 0 Å². The van der Waals surface area contributed by atoms with Gasteiger partial charge < -0.3 is 9.64 Å². The standard InChI is InChI=1S/C26H26F2N6O/c1-35-24-5-3-2-4-23(24)25(26-29-30-31-34(26)18-19-6-8-20(27)9-7-19)33-16-14-32(15-17-33)22-12-10-21(28)11-13-22/h2-13,25H,14-18H2,1H3. The second kappa shape index (κ2) is 10.2. The van der Waals surface area contributed by atoms with Crippen molar-refractivity contribution in [3.05, 3.63) is 101 Å². The molecule has 0 spiro atoms. The molecule has 7 nitrogen and oxygen atoms in total. The number of benzene rings is 3. The number of hydrogen-bond acceptors (Lipinski definition) is 6. The maximum atomic E-state index is 13.4. The Kier molecular flexibility index (Phi) is 6.67. The average molecular weight is 477 g/mol. The number of methoxy groups -OCH3 is 1. The summed E-state index contributed by atoms with van der Waals surface area (Å²) in [5.74, 6) is 0.928. The van der Waals surface area contributed by atoms with Gasteiger partial charge in [-0.1, -0.05) is 30.3 Å². The van der Waals surface area contributed by atoms with E-state index in [1.165, 1.54) is 24.3 Å².